The van der Waals surface area contributed by atoms with Gasteiger partial charge in [-0.1, -0.05) is 6.92 Å². The number of rotatable bonds is 2. The molecule has 0 aliphatic rings. The molecule has 2 N–H and O–H groups in total. The number of fused-ring (bicyclic) bond motifs is 5. The largest absolute Gasteiger partial charge is 0.477 e. The van der Waals surface area contributed by atoms with Crippen LogP contribution in [-0.4, -0.2) is 31.0 Å². The minimum absolute atomic E-state index is 0.0958. The average Bonchev–Trinajstić information content (AvgIpc) is 2.92. The number of aromatic nitrogens is 4. The zero-order chi connectivity index (χ0) is 16.1. The maximum Gasteiger partial charge on any atom is 0.354 e. The van der Waals surface area contributed by atoms with Gasteiger partial charge >= 0.3 is 5.97 Å². The van der Waals surface area contributed by atoms with Crippen molar-refractivity contribution in [3.63, 3.8) is 0 Å². The Morgan fingerprint density at radius 2 is 2.00 bits per heavy atom. The summed E-state index contributed by atoms with van der Waals surface area (Å²) in [5.74, 6) is -1.01. The third-order valence-corrected chi connectivity index (χ3v) is 4.09. The maximum atomic E-state index is 11.5. The first-order valence-electron chi connectivity index (χ1n) is 7.39. The highest BCUT2D eigenvalue weighted by molar-refractivity contribution is 6.20. The molecule has 0 amide bonds. The van der Waals surface area contributed by atoms with E-state index in [0.717, 1.165) is 44.1 Å². The number of pyridine rings is 1. The van der Waals surface area contributed by atoms with E-state index >= 15 is 0 Å². The highest BCUT2D eigenvalue weighted by Gasteiger charge is 2.19. The topological polar surface area (TPSA) is 91.8 Å². The Labute approximate surface area is 131 Å². The van der Waals surface area contributed by atoms with Crippen molar-refractivity contribution in [1.82, 2.24) is 19.9 Å². The zero-order valence-electron chi connectivity index (χ0n) is 12.7. The lowest BCUT2D eigenvalue weighted by Crippen LogP contribution is -2.05. The van der Waals surface area contributed by atoms with Crippen LogP contribution in [0.25, 0.3) is 32.8 Å². The predicted molar refractivity (Wildman–Crippen MR) is 87.8 cm³/mol. The molecule has 23 heavy (non-hydrogen) atoms. The molecule has 0 saturated heterocycles. The van der Waals surface area contributed by atoms with Crippen LogP contribution >= 0.6 is 0 Å². The lowest BCUT2D eigenvalue weighted by Gasteiger charge is -2.06. The van der Waals surface area contributed by atoms with Gasteiger partial charge in [0.1, 0.15) is 0 Å². The number of hydrogen-bond acceptors (Lipinski definition) is 4. The fraction of sp³-hybridized carbons (Fsp3) is 0.176. The maximum absolute atomic E-state index is 11.5. The Bertz CT molecular complexity index is 1100. The highest BCUT2D eigenvalue weighted by atomic mass is 16.4. The molecule has 0 spiro atoms. The Hall–Kier alpha value is -3.02. The number of aromatic carboxylic acids is 1. The summed E-state index contributed by atoms with van der Waals surface area (Å²) in [6.07, 6.45) is 3.88. The van der Waals surface area contributed by atoms with E-state index in [2.05, 4.69) is 19.9 Å². The van der Waals surface area contributed by atoms with Crippen LogP contribution in [0.3, 0.4) is 0 Å². The molecule has 0 atom stereocenters. The summed E-state index contributed by atoms with van der Waals surface area (Å²) in [5, 5.41) is 11.2. The summed E-state index contributed by atoms with van der Waals surface area (Å²) < 4.78 is 0. The fourth-order valence-electron chi connectivity index (χ4n) is 3.13. The molecule has 114 valence electrons. The number of aromatic amines is 1. The second-order valence-corrected chi connectivity index (χ2v) is 5.52. The fourth-order valence-corrected chi connectivity index (χ4v) is 3.13. The summed E-state index contributed by atoms with van der Waals surface area (Å²) in [6, 6.07) is 3.86. The number of carbonyl (C=O) groups is 1. The molecule has 4 aromatic rings. The number of hydrogen-bond donors (Lipinski definition) is 2. The quantitative estimate of drug-likeness (QED) is 0.593. The van der Waals surface area contributed by atoms with Crippen LogP contribution in [0, 0.1) is 6.92 Å². The standard InChI is InChI=1S/C17H14N4O2/c1-3-9-13-12(7-19-15(9)17(22)23)21-10-4-5-11-16(14(10)13)20-8(2)6-18-11/h4-7,21H,3H2,1-2H3,(H,22,23). The lowest BCUT2D eigenvalue weighted by molar-refractivity contribution is 0.0689. The summed E-state index contributed by atoms with van der Waals surface area (Å²) in [5.41, 5.74) is 4.94. The monoisotopic (exact) mass is 306 g/mol. The summed E-state index contributed by atoms with van der Waals surface area (Å²) >= 11 is 0. The first-order chi connectivity index (χ1) is 11.1. The second kappa shape index (κ2) is 4.74. The molecular formula is C17H14N4O2. The van der Waals surface area contributed by atoms with Crippen molar-refractivity contribution in [2.45, 2.75) is 20.3 Å². The van der Waals surface area contributed by atoms with Gasteiger partial charge in [0.25, 0.3) is 0 Å². The first-order valence-corrected chi connectivity index (χ1v) is 7.39. The van der Waals surface area contributed by atoms with Crippen molar-refractivity contribution in [2.75, 3.05) is 0 Å². The summed E-state index contributed by atoms with van der Waals surface area (Å²) in [7, 11) is 0. The minimum atomic E-state index is -1.01. The Morgan fingerprint density at radius 3 is 2.74 bits per heavy atom. The highest BCUT2D eigenvalue weighted by Crippen LogP contribution is 2.33. The normalized spacial score (nSPS) is 11.6. The first kappa shape index (κ1) is 13.6. The summed E-state index contributed by atoms with van der Waals surface area (Å²) in [4.78, 5) is 28.0. The lowest BCUT2D eigenvalue weighted by atomic mass is 10.0. The Morgan fingerprint density at radius 1 is 1.17 bits per heavy atom. The van der Waals surface area contributed by atoms with Gasteiger partial charge in [0.15, 0.2) is 5.69 Å². The van der Waals surface area contributed by atoms with Gasteiger partial charge in [-0.05, 0) is 31.0 Å². The number of H-pyrrole nitrogens is 1. The molecule has 0 aliphatic carbocycles. The van der Waals surface area contributed by atoms with Gasteiger partial charge in [-0.3, -0.25) is 4.98 Å². The summed E-state index contributed by atoms with van der Waals surface area (Å²) in [6.45, 7) is 3.83. The van der Waals surface area contributed by atoms with Crippen LogP contribution in [-0.2, 0) is 6.42 Å². The molecule has 6 nitrogen and oxygen atoms in total. The zero-order valence-corrected chi connectivity index (χ0v) is 12.7. The van der Waals surface area contributed by atoms with Crippen LogP contribution in [0.5, 0.6) is 0 Å². The Balaban J connectivity index is 2.30. The number of carboxylic acid groups (broad SMARTS) is 1. The molecule has 3 aromatic heterocycles. The molecule has 4 rings (SSSR count). The van der Waals surface area contributed by atoms with Crippen molar-refractivity contribution >= 4 is 38.8 Å². The molecule has 0 unspecified atom stereocenters. The molecule has 6 heteroatoms. The van der Waals surface area contributed by atoms with Gasteiger partial charge < -0.3 is 10.1 Å². The van der Waals surface area contributed by atoms with Gasteiger partial charge in [0, 0.05) is 22.5 Å². The molecular weight excluding hydrogens is 292 g/mol. The Kier molecular flexibility index (Phi) is 2.81. The second-order valence-electron chi connectivity index (χ2n) is 5.52. The number of benzene rings is 1. The number of carboxylic acids is 1. The van der Waals surface area contributed by atoms with Crippen LogP contribution in [0.15, 0.2) is 24.5 Å². The number of nitrogens with one attached hydrogen (secondary N) is 1. The molecule has 3 heterocycles. The van der Waals surface area contributed by atoms with E-state index < -0.39 is 5.97 Å². The van der Waals surface area contributed by atoms with E-state index in [9.17, 15) is 9.90 Å². The van der Waals surface area contributed by atoms with E-state index in [1.54, 1.807) is 12.4 Å². The smallest absolute Gasteiger partial charge is 0.354 e. The van der Waals surface area contributed by atoms with Crippen LogP contribution in [0.4, 0.5) is 0 Å². The molecule has 0 fully saturated rings. The van der Waals surface area contributed by atoms with Crippen molar-refractivity contribution in [2.24, 2.45) is 0 Å². The molecule has 0 bridgehead atoms. The van der Waals surface area contributed by atoms with E-state index in [-0.39, 0.29) is 5.69 Å². The van der Waals surface area contributed by atoms with E-state index in [0.29, 0.717) is 6.42 Å². The molecule has 0 saturated carbocycles. The third kappa shape index (κ3) is 1.88. The number of nitrogens with zero attached hydrogens (tertiary/aromatic N) is 3. The predicted octanol–water partition coefficient (Wildman–Crippen LogP) is 3.23. The van der Waals surface area contributed by atoms with Crippen LogP contribution in [0.2, 0.25) is 0 Å². The van der Waals surface area contributed by atoms with Gasteiger partial charge in [0.05, 0.1) is 28.4 Å². The van der Waals surface area contributed by atoms with Crippen molar-refractivity contribution < 1.29 is 9.90 Å². The van der Waals surface area contributed by atoms with Crippen LogP contribution in [0.1, 0.15) is 28.7 Å². The minimum Gasteiger partial charge on any atom is -0.477 e. The van der Waals surface area contributed by atoms with E-state index in [1.807, 2.05) is 26.0 Å². The van der Waals surface area contributed by atoms with Gasteiger partial charge in [-0.15, -0.1) is 0 Å². The molecule has 0 aliphatic heterocycles. The van der Waals surface area contributed by atoms with Gasteiger partial charge in [-0.2, -0.15) is 0 Å². The number of aryl methyl sites for hydroxylation is 2. The van der Waals surface area contributed by atoms with Gasteiger partial charge in [-0.25, -0.2) is 14.8 Å². The SMILES string of the molecule is CCc1c(C(=O)O)ncc2[nH]c3ccc4ncc(C)nc4c3c12. The average molecular weight is 306 g/mol. The third-order valence-electron chi connectivity index (χ3n) is 4.09. The van der Waals surface area contributed by atoms with Gasteiger partial charge in [0.2, 0.25) is 0 Å². The van der Waals surface area contributed by atoms with Crippen molar-refractivity contribution in [3.05, 3.63) is 41.5 Å². The molecule has 0 radical (unpaired) electrons. The van der Waals surface area contributed by atoms with Crippen molar-refractivity contribution in [3.8, 4) is 0 Å². The molecule has 1 aromatic carbocycles. The van der Waals surface area contributed by atoms with Crippen molar-refractivity contribution in [1.29, 1.82) is 0 Å². The van der Waals surface area contributed by atoms with Crippen LogP contribution < -0.4 is 0 Å². The van der Waals surface area contributed by atoms with E-state index in [4.69, 9.17) is 0 Å². The van der Waals surface area contributed by atoms with E-state index in [1.165, 1.54) is 0 Å².